The third-order valence-corrected chi connectivity index (χ3v) is 8.05. The van der Waals surface area contributed by atoms with E-state index < -0.39 is 0 Å². The summed E-state index contributed by atoms with van der Waals surface area (Å²) in [6, 6.07) is 21.7. The van der Waals surface area contributed by atoms with E-state index in [0.717, 1.165) is 22.4 Å². The Morgan fingerprint density at radius 1 is 0.765 bits per heavy atom. The zero-order chi connectivity index (χ0) is 24.5. The van der Waals surface area contributed by atoms with Crippen molar-refractivity contribution in [2.24, 2.45) is 4.99 Å². The maximum Gasteiger partial charge on any atom is 0.494 e. The first kappa shape index (κ1) is 23.1. The Bertz CT molecular complexity index is 1300. The van der Waals surface area contributed by atoms with Gasteiger partial charge < -0.3 is 9.31 Å². The standard InChI is InChI=1S/C30H34BNO2/c1-19-11-9-10-12-27(19)32-20(2)21-13-15-23-24-16-14-22(18-26(24)28(3,4)25(23)17-21)31-33-29(5,6)30(7,8)34-31/h9-18H,1-8H3/b32-20+. The van der Waals surface area contributed by atoms with Crippen LogP contribution in [0, 0.1) is 6.92 Å². The third kappa shape index (κ3) is 3.55. The molecule has 1 fully saturated rings. The van der Waals surface area contributed by atoms with E-state index in [4.69, 9.17) is 14.3 Å². The molecule has 0 bridgehead atoms. The smallest absolute Gasteiger partial charge is 0.399 e. The summed E-state index contributed by atoms with van der Waals surface area (Å²) in [5.74, 6) is 0. The van der Waals surface area contributed by atoms with Crippen LogP contribution < -0.4 is 5.46 Å². The van der Waals surface area contributed by atoms with Crippen molar-refractivity contribution < 1.29 is 9.31 Å². The highest BCUT2D eigenvalue weighted by Crippen LogP contribution is 2.49. The van der Waals surface area contributed by atoms with Crippen LogP contribution in [0.15, 0.2) is 65.7 Å². The molecule has 1 aliphatic carbocycles. The van der Waals surface area contributed by atoms with Gasteiger partial charge in [-0.1, -0.05) is 62.4 Å². The molecule has 4 heteroatoms. The second-order valence-electron chi connectivity index (χ2n) is 11.3. The van der Waals surface area contributed by atoms with E-state index in [1.54, 1.807) is 0 Å². The lowest BCUT2D eigenvalue weighted by molar-refractivity contribution is 0.00578. The fourth-order valence-electron chi connectivity index (χ4n) is 5.04. The molecule has 0 N–H and O–H groups in total. The molecule has 3 aromatic carbocycles. The molecular weight excluding hydrogens is 417 g/mol. The Hall–Kier alpha value is -2.69. The van der Waals surface area contributed by atoms with E-state index in [2.05, 4.69) is 110 Å². The zero-order valence-corrected chi connectivity index (χ0v) is 21.6. The van der Waals surface area contributed by atoms with Crippen LogP contribution in [0.1, 0.15) is 70.7 Å². The van der Waals surface area contributed by atoms with Crippen molar-refractivity contribution in [1.29, 1.82) is 0 Å². The maximum absolute atomic E-state index is 6.33. The first-order valence-electron chi connectivity index (χ1n) is 12.2. The predicted molar refractivity (Wildman–Crippen MR) is 143 cm³/mol. The van der Waals surface area contributed by atoms with Crippen molar-refractivity contribution in [1.82, 2.24) is 0 Å². The minimum Gasteiger partial charge on any atom is -0.399 e. The first-order chi connectivity index (χ1) is 15.9. The van der Waals surface area contributed by atoms with Crippen molar-refractivity contribution in [3.8, 4) is 11.1 Å². The summed E-state index contributed by atoms with van der Waals surface area (Å²) in [5.41, 5.74) is 9.91. The van der Waals surface area contributed by atoms with Crippen LogP contribution in [0.4, 0.5) is 5.69 Å². The molecule has 0 spiro atoms. The summed E-state index contributed by atoms with van der Waals surface area (Å²) >= 11 is 0. The lowest BCUT2D eigenvalue weighted by Crippen LogP contribution is -2.41. The van der Waals surface area contributed by atoms with Gasteiger partial charge in [-0.05, 0) is 92.5 Å². The summed E-state index contributed by atoms with van der Waals surface area (Å²) in [6.45, 7) is 17.2. The third-order valence-electron chi connectivity index (χ3n) is 8.05. The van der Waals surface area contributed by atoms with Gasteiger partial charge >= 0.3 is 7.12 Å². The van der Waals surface area contributed by atoms with Gasteiger partial charge in [-0.25, -0.2) is 0 Å². The van der Waals surface area contributed by atoms with E-state index in [0.29, 0.717) is 0 Å². The summed E-state index contributed by atoms with van der Waals surface area (Å²) in [6.07, 6.45) is 0. The lowest BCUT2D eigenvalue weighted by atomic mass is 9.74. The molecule has 3 aromatic rings. The zero-order valence-electron chi connectivity index (χ0n) is 21.6. The minimum atomic E-state index is -0.353. The molecule has 0 saturated carbocycles. The molecule has 174 valence electrons. The fraction of sp³-hybridized carbons (Fsp3) is 0.367. The Morgan fingerprint density at radius 3 is 2.00 bits per heavy atom. The van der Waals surface area contributed by atoms with Gasteiger partial charge in [0, 0.05) is 11.1 Å². The molecule has 34 heavy (non-hydrogen) atoms. The molecule has 0 amide bonds. The monoisotopic (exact) mass is 451 g/mol. The number of rotatable bonds is 3. The Kier molecular flexibility index (Phi) is 5.20. The van der Waals surface area contributed by atoms with Crippen molar-refractivity contribution in [3.63, 3.8) is 0 Å². The van der Waals surface area contributed by atoms with Crippen LogP contribution in [-0.2, 0) is 14.7 Å². The van der Waals surface area contributed by atoms with Gasteiger partial charge in [0.05, 0.1) is 16.9 Å². The summed E-state index contributed by atoms with van der Waals surface area (Å²) < 4.78 is 12.7. The number of benzene rings is 3. The molecule has 3 nitrogen and oxygen atoms in total. The molecule has 0 unspecified atom stereocenters. The summed E-state index contributed by atoms with van der Waals surface area (Å²) in [4.78, 5) is 4.93. The van der Waals surface area contributed by atoms with E-state index in [9.17, 15) is 0 Å². The average molecular weight is 451 g/mol. The maximum atomic E-state index is 6.33. The van der Waals surface area contributed by atoms with E-state index in [1.807, 2.05) is 6.07 Å². The summed E-state index contributed by atoms with van der Waals surface area (Å²) in [5, 5.41) is 0. The fourth-order valence-corrected chi connectivity index (χ4v) is 5.04. The molecule has 5 rings (SSSR count). The van der Waals surface area contributed by atoms with Gasteiger partial charge in [-0.2, -0.15) is 0 Å². The predicted octanol–water partition coefficient (Wildman–Crippen LogP) is 6.74. The van der Waals surface area contributed by atoms with Crippen LogP contribution in [0.5, 0.6) is 0 Å². The van der Waals surface area contributed by atoms with Gasteiger partial charge in [0.1, 0.15) is 0 Å². The Balaban J connectivity index is 1.51. The van der Waals surface area contributed by atoms with Gasteiger partial charge in [0.15, 0.2) is 0 Å². The number of aliphatic imine (C=N–C) groups is 1. The van der Waals surface area contributed by atoms with Crippen LogP contribution >= 0.6 is 0 Å². The van der Waals surface area contributed by atoms with Crippen LogP contribution in [0.3, 0.4) is 0 Å². The number of aryl methyl sites for hydroxylation is 1. The second-order valence-corrected chi connectivity index (χ2v) is 11.3. The van der Waals surface area contributed by atoms with E-state index >= 15 is 0 Å². The van der Waals surface area contributed by atoms with E-state index in [1.165, 1.54) is 27.8 Å². The van der Waals surface area contributed by atoms with Crippen LogP contribution in [-0.4, -0.2) is 24.0 Å². The van der Waals surface area contributed by atoms with Crippen LogP contribution in [0.2, 0.25) is 0 Å². The van der Waals surface area contributed by atoms with Crippen molar-refractivity contribution >= 4 is 24.0 Å². The quantitative estimate of drug-likeness (QED) is 0.326. The molecule has 2 aliphatic rings. The number of hydrogen-bond acceptors (Lipinski definition) is 3. The highest BCUT2D eigenvalue weighted by Gasteiger charge is 2.52. The molecule has 1 aliphatic heterocycles. The van der Waals surface area contributed by atoms with Crippen LogP contribution in [0.25, 0.3) is 11.1 Å². The average Bonchev–Trinajstić information content (AvgIpc) is 3.14. The molecule has 1 saturated heterocycles. The number of nitrogens with zero attached hydrogens (tertiary/aromatic N) is 1. The van der Waals surface area contributed by atoms with E-state index in [-0.39, 0.29) is 23.7 Å². The Labute approximate surface area is 204 Å². The number of hydrogen-bond donors (Lipinski definition) is 0. The lowest BCUT2D eigenvalue weighted by Gasteiger charge is -2.32. The van der Waals surface area contributed by atoms with Gasteiger partial charge in [0.25, 0.3) is 0 Å². The highest BCUT2D eigenvalue weighted by atomic mass is 16.7. The number of fused-ring (bicyclic) bond motifs is 3. The van der Waals surface area contributed by atoms with Gasteiger partial charge in [-0.3, -0.25) is 4.99 Å². The number of para-hydroxylation sites is 1. The van der Waals surface area contributed by atoms with Gasteiger partial charge in [0.2, 0.25) is 0 Å². The first-order valence-corrected chi connectivity index (χ1v) is 12.2. The van der Waals surface area contributed by atoms with Crippen molar-refractivity contribution in [3.05, 3.63) is 82.9 Å². The topological polar surface area (TPSA) is 30.8 Å². The van der Waals surface area contributed by atoms with Gasteiger partial charge in [-0.15, -0.1) is 0 Å². The molecule has 0 atom stereocenters. The van der Waals surface area contributed by atoms with Crippen molar-refractivity contribution in [2.45, 2.75) is 72.0 Å². The Morgan fingerprint density at radius 2 is 1.35 bits per heavy atom. The SMILES string of the molecule is C/C(=N\c1ccccc1C)c1ccc2c(c1)C(C)(C)c1cc(B3OC(C)(C)C(C)(C)O3)ccc1-2. The highest BCUT2D eigenvalue weighted by molar-refractivity contribution is 6.62. The van der Waals surface area contributed by atoms with Crippen molar-refractivity contribution in [2.75, 3.05) is 0 Å². The normalized spacial score (nSPS) is 19.8. The largest absolute Gasteiger partial charge is 0.494 e. The molecule has 1 heterocycles. The molecular formula is C30H34BNO2. The molecule has 0 radical (unpaired) electrons. The minimum absolute atomic E-state index is 0.122. The summed E-state index contributed by atoms with van der Waals surface area (Å²) in [7, 11) is -0.353. The molecule has 0 aromatic heterocycles. The second kappa shape index (κ2) is 7.66.